The molecular formula is C17H20F3NO3S. The Bertz CT molecular complexity index is 621. The van der Waals surface area contributed by atoms with Gasteiger partial charge in [-0.3, -0.25) is 9.59 Å². The van der Waals surface area contributed by atoms with E-state index in [1.54, 1.807) is 0 Å². The summed E-state index contributed by atoms with van der Waals surface area (Å²) < 4.78 is 44.7. The van der Waals surface area contributed by atoms with E-state index in [9.17, 15) is 22.8 Å². The van der Waals surface area contributed by atoms with Gasteiger partial charge in [0.05, 0.1) is 17.9 Å². The fraction of sp³-hybridized carbons (Fsp3) is 0.529. The van der Waals surface area contributed by atoms with E-state index in [0.29, 0.717) is 0 Å². The Balaban J connectivity index is 2.11. The second kappa shape index (κ2) is 8.60. The second-order valence-corrected chi connectivity index (χ2v) is 6.77. The van der Waals surface area contributed by atoms with E-state index in [0.717, 1.165) is 42.0 Å². The van der Waals surface area contributed by atoms with Gasteiger partial charge in [-0.15, -0.1) is 11.8 Å². The number of unbranched alkanes of at least 4 members (excludes halogenated alkanes) is 2. The van der Waals surface area contributed by atoms with Crippen molar-refractivity contribution in [1.29, 1.82) is 0 Å². The van der Waals surface area contributed by atoms with Crippen LogP contribution in [0.5, 0.6) is 0 Å². The Kier molecular flexibility index (Phi) is 6.75. The molecule has 1 amide bonds. The number of carbonyl (C=O) groups excluding carboxylic acids is 2. The minimum absolute atomic E-state index is 0.00960. The number of halogens is 3. The number of rotatable bonds is 7. The maximum Gasteiger partial charge on any atom is 0.416 e. The quantitative estimate of drug-likeness (QED) is 0.534. The number of hydrogen-bond donors (Lipinski definition) is 0. The number of hydrogen-bond acceptors (Lipinski definition) is 4. The molecule has 8 heteroatoms. The molecule has 1 saturated heterocycles. The summed E-state index contributed by atoms with van der Waals surface area (Å²) in [5.41, 5.74) is -0.798. The molecule has 0 radical (unpaired) electrons. The molecule has 1 aromatic carbocycles. The first-order valence-electron chi connectivity index (χ1n) is 8.07. The van der Waals surface area contributed by atoms with Crippen LogP contribution in [0.15, 0.2) is 24.3 Å². The Morgan fingerprint density at radius 1 is 1.32 bits per heavy atom. The van der Waals surface area contributed by atoms with Crippen LogP contribution in [0.2, 0.25) is 0 Å². The normalized spacial score (nSPS) is 17.8. The number of alkyl halides is 3. The molecule has 0 saturated carbocycles. The maximum atomic E-state index is 13.2. The zero-order valence-corrected chi connectivity index (χ0v) is 14.7. The largest absolute Gasteiger partial charge is 0.464 e. The third-order valence-electron chi connectivity index (χ3n) is 3.81. The number of ether oxygens (including phenoxy) is 1. The Morgan fingerprint density at radius 3 is 2.72 bits per heavy atom. The summed E-state index contributed by atoms with van der Waals surface area (Å²) in [4.78, 5) is 25.1. The van der Waals surface area contributed by atoms with E-state index in [1.807, 2.05) is 6.92 Å². The van der Waals surface area contributed by atoms with Crippen molar-refractivity contribution in [3.05, 3.63) is 35.4 Å². The van der Waals surface area contributed by atoms with Gasteiger partial charge >= 0.3 is 12.1 Å². The number of esters is 1. The summed E-state index contributed by atoms with van der Waals surface area (Å²) in [5.74, 6) is -0.918. The molecule has 2 rings (SSSR count). The van der Waals surface area contributed by atoms with Crippen LogP contribution >= 0.6 is 11.8 Å². The van der Waals surface area contributed by atoms with Gasteiger partial charge in [-0.25, -0.2) is 0 Å². The van der Waals surface area contributed by atoms with Crippen LogP contribution in [0.3, 0.4) is 0 Å². The Hall–Kier alpha value is -1.70. The van der Waals surface area contributed by atoms with E-state index in [2.05, 4.69) is 0 Å². The maximum absolute atomic E-state index is 13.2. The molecule has 25 heavy (non-hydrogen) atoms. The third kappa shape index (κ3) is 5.14. The van der Waals surface area contributed by atoms with E-state index >= 15 is 0 Å². The first-order valence-corrected chi connectivity index (χ1v) is 9.12. The van der Waals surface area contributed by atoms with Gasteiger partial charge in [0.1, 0.15) is 11.9 Å². The van der Waals surface area contributed by atoms with Gasteiger partial charge in [0.2, 0.25) is 5.91 Å². The minimum Gasteiger partial charge on any atom is -0.464 e. The third-order valence-corrected chi connectivity index (χ3v) is 5.05. The van der Waals surface area contributed by atoms with Crippen LogP contribution in [0.4, 0.5) is 13.2 Å². The van der Waals surface area contributed by atoms with Crippen molar-refractivity contribution in [3.63, 3.8) is 0 Å². The highest BCUT2D eigenvalue weighted by molar-refractivity contribution is 8.00. The molecule has 1 aliphatic rings. The molecule has 4 nitrogen and oxygen atoms in total. The SMILES string of the molecule is CCCCCOC(=O)CN1C(=O)CSC1c1ccccc1C(F)(F)F. The predicted octanol–water partition coefficient (Wildman–Crippen LogP) is 4.01. The number of nitrogens with zero attached hydrogens (tertiary/aromatic N) is 1. The number of carbonyl (C=O) groups is 2. The lowest BCUT2D eigenvalue weighted by Gasteiger charge is -2.25. The lowest BCUT2D eigenvalue weighted by atomic mass is 10.1. The van der Waals surface area contributed by atoms with Crippen molar-refractivity contribution < 1.29 is 27.5 Å². The van der Waals surface area contributed by atoms with Crippen molar-refractivity contribution in [2.75, 3.05) is 18.9 Å². The lowest BCUT2D eigenvalue weighted by molar-refractivity contribution is -0.149. The van der Waals surface area contributed by atoms with Crippen LogP contribution in [0, 0.1) is 0 Å². The predicted molar refractivity (Wildman–Crippen MR) is 88.8 cm³/mol. The van der Waals surface area contributed by atoms with E-state index in [1.165, 1.54) is 18.2 Å². The monoisotopic (exact) mass is 375 g/mol. The highest BCUT2D eigenvalue weighted by atomic mass is 32.2. The van der Waals surface area contributed by atoms with Gasteiger partial charge in [0, 0.05) is 0 Å². The van der Waals surface area contributed by atoms with Crippen molar-refractivity contribution in [3.8, 4) is 0 Å². The fourth-order valence-electron chi connectivity index (χ4n) is 2.58. The van der Waals surface area contributed by atoms with Gasteiger partial charge in [0.15, 0.2) is 0 Å². The molecule has 1 atom stereocenters. The van der Waals surface area contributed by atoms with Crippen molar-refractivity contribution in [2.45, 2.75) is 37.7 Å². The summed E-state index contributed by atoms with van der Waals surface area (Å²) in [5, 5.41) is -0.839. The average Bonchev–Trinajstić information content (AvgIpc) is 2.91. The molecule has 1 aromatic rings. The first kappa shape index (κ1) is 19.6. The topological polar surface area (TPSA) is 46.6 Å². The van der Waals surface area contributed by atoms with Crippen LogP contribution in [0.25, 0.3) is 0 Å². The average molecular weight is 375 g/mol. The highest BCUT2D eigenvalue weighted by Gasteiger charge is 2.41. The standard InChI is InChI=1S/C17H20F3NO3S/c1-2-3-6-9-24-15(23)10-21-14(22)11-25-16(21)12-7-4-5-8-13(12)17(18,19)20/h4-5,7-8,16H,2-3,6,9-11H2,1H3. The molecule has 138 valence electrons. The van der Waals surface area contributed by atoms with Gasteiger partial charge in [-0.2, -0.15) is 13.2 Å². The van der Waals surface area contributed by atoms with Gasteiger partial charge in [-0.1, -0.05) is 38.0 Å². The zero-order valence-electron chi connectivity index (χ0n) is 13.8. The highest BCUT2D eigenvalue weighted by Crippen LogP contribution is 2.43. The molecule has 0 aromatic heterocycles. The summed E-state index contributed by atoms with van der Waals surface area (Å²) in [6.45, 7) is 1.94. The molecule has 0 bridgehead atoms. The van der Waals surface area contributed by atoms with Crippen molar-refractivity contribution in [1.82, 2.24) is 4.90 Å². The van der Waals surface area contributed by atoms with Crippen LogP contribution < -0.4 is 0 Å². The molecule has 1 heterocycles. The molecule has 0 spiro atoms. The molecular weight excluding hydrogens is 355 g/mol. The van der Waals surface area contributed by atoms with Gasteiger partial charge in [0.25, 0.3) is 0 Å². The van der Waals surface area contributed by atoms with Gasteiger partial charge < -0.3 is 9.64 Å². The summed E-state index contributed by atoms with van der Waals surface area (Å²) >= 11 is 1.08. The zero-order chi connectivity index (χ0) is 18.4. The molecule has 0 N–H and O–H groups in total. The van der Waals surface area contributed by atoms with E-state index < -0.39 is 23.1 Å². The van der Waals surface area contributed by atoms with E-state index in [4.69, 9.17) is 4.74 Å². The molecule has 1 fully saturated rings. The molecule has 1 unspecified atom stereocenters. The summed E-state index contributed by atoms with van der Waals surface area (Å²) in [6.07, 6.45) is -1.89. The van der Waals surface area contributed by atoms with Crippen LogP contribution in [-0.4, -0.2) is 35.7 Å². The van der Waals surface area contributed by atoms with Crippen LogP contribution in [0.1, 0.15) is 42.7 Å². The minimum atomic E-state index is -4.52. The van der Waals surface area contributed by atoms with Crippen LogP contribution in [-0.2, 0) is 20.5 Å². The number of amides is 1. The Labute approximate surface area is 148 Å². The molecule has 0 aliphatic carbocycles. The first-order chi connectivity index (χ1) is 11.8. The van der Waals surface area contributed by atoms with Gasteiger partial charge in [-0.05, 0) is 18.1 Å². The number of benzene rings is 1. The number of thioether (sulfide) groups is 1. The Morgan fingerprint density at radius 2 is 2.04 bits per heavy atom. The van der Waals surface area contributed by atoms with E-state index in [-0.39, 0.29) is 30.4 Å². The second-order valence-electron chi connectivity index (χ2n) is 5.70. The summed E-state index contributed by atoms with van der Waals surface area (Å²) in [7, 11) is 0. The smallest absolute Gasteiger partial charge is 0.416 e. The fourth-order valence-corrected chi connectivity index (χ4v) is 3.80. The van der Waals surface area contributed by atoms with Crippen molar-refractivity contribution in [2.24, 2.45) is 0 Å². The lowest BCUT2D eigenvalue weighted by Crippen LogP contribution is -2.35. The molecule has 1 aliphatic heterocycles. The summed E-state index contributed by atoms with van der Waals surface area (Å²) in [6, 6.07) is 5.13. The van der Waals surface area contributed by atoms with Crippen molar-refractivity contribution >= 4 is 23.6 Å².